The minimum Gasteiger partial charge on any atom is -0.394 e. The fourth-order valence-electron chi connectivity index (χ4n) is 2.94. The van der Waals surface area contributed by atoms with Crippen LogP contribution in [0, 0.1) is 19.8 Å². The Morgan fingerprint density at radius 2 is 2.00 bits per heavy atom. The molecule has 2 fully saturated rings. The second-order valence-electron chi connectivity index (χ2n) is 6.56. The number of rotatable bonds is 7. The first kappa shape index (κ1) is 14.4. The van der Waals surface area contributed by atoms with Gasteiger partial charge in [-0.25, -0.2) is 0 Å². The number of nitrogens with one attached hydrogen (secondary N) is 1. The number of aliphatic hydroxyl groups excluding tert-OH is 1. The van der Waals surface area contributed by atoms with Crippen molar-refractivity contribution in [3.8, 4) is 0 Å². The van der Waals surface area contributed by atoms with E-state index in [1.807, 2.05) is 11.8 Å². The lowest BCUT2D eigenvalue weighted by atomic mass is 9.96. The summed E-state index contributed by atoms with van der Waals surface area (Å²) in [5.74, 6) is 1.65. The normalized spacial score (nSPS) is 21.8. The molecule has 0 amide bonds. The monoisotopic (exact) mass is 291 g/mol. The van der Waals surface area contributed by atoms with Crippen LogP contribution in [0.4, 0.5) is 0 Å². The Kier molecular flexibility index (Phi) is 4.11. The fourth-order valence-corrected chi connectivity index (χ4v) is 4.21. The van der Waals surface area contributed by atoms with Crippen LogP contribution in [-0.2, 0) is 0 Å². The van der Waals surface area contributed by atoms with Gasteiger partial charge in [0.25, 0.3) is 0 Å². The molecule has 2 aliphatic rings. The minimum atomic E-state index is -0.0524. The quantitative estimate of drug-likeness (QED) is 0.756. The number of hydrogen-bond acceptors (Lipinski definition) is 3. The van der Waals surface area contributed by atoms with Crippen LogP contribution in [0.25, 0.3) is 0 Å². The number of aryl methyl sites for hydroxylation is 2. The molecule has 2 saturated carbocycles. The lowest BCUT2D eigenvalue weighted by Crippen LogP contribution is -2.53. The third-order valence-corrected chi connectivity index (χ3v) is 5.95. The zero-order valence-corrected chi connectivity index (χ0v) is 13.3. The van der Waals surface area contributed by atoms with Gasteiger partial charge in [-0.2, -0.15) is 0 Å². The number of benzene rings is 1. The molecule has 20 heavy (non-hydrogen) atoms. The van der Waals surface area contributed by atoms with Crippen molar-refractivity contribution in [3.05, 3.63) is 29.3 Å². The molecule has 1 aromatic rings. The number of thioether (sulfide) groups is 1. The van der Waals surface area contributed by atoms with Crippen LogP contribution >= 0.6 is 11.8 Å². The maximum atomic E-state index is 9.98. The van der Waals surface area contributed by atoms with Gasteiger partial charge in [-0.3, -0.25) is 0 Å². The van der Waals surface area contributed by atoms with Crippen molar-refractivity contribution in [2.24, 2.45) is 5.92 Å². The van der Waals surface area contributed by atoms with Gasteiger partial charge in [0, 0.05) is 16.7 Å². The third kappa shape index (κ3) is 3.21. The second kappa shape index (κ2) is 5.70. The molecular weight excluding hydrogens is 266 g/mol. The van der Waals surface area contributed by atoms with Crippen molar-refractivity contribution in [1.29, 1.82) is 0 Å². The third-order valence-electron chi connectivity index (χ3n) is 4.53. The van der Waals surface area contributed by atoms with Gasteiger partial charge in [0.2, 0.25) is 0 Å². The Bertz CT molecular complexity index is 482. The van der Waals surface area contributed by atoms with Crippen molar-refractivity contribution in [1.82, 2.24) is 5.32 Å². The number of hydrogen-bond donors (Lipinski definition) is 2. The van der Waals surface area contributed by atoms with E-state index in [0.29, 0.717) is 12.0 Å². The molecule has 0 bridgehead atoms. The predicted octanol–water partition coefficient (Wildman–Crippen LogP) is 3.29. The maximum Gasteiger partial charge on any atom is 0.0624 e. The van der Waals surface area contributed by atoms with Crippen molar-refractivity contribution in [3.63, 3.8) is 0 Å². The van der Waals surface area contributed by atoms with Gasteiger partial charge in [0.05, 0.1) is 12.1 Å². The van der Waals surface area contributed by atoms with Crippen molar-refractivity contribution in [2.45, 2.75) is 56.0 Å². The molecule has 0 saturated heterocycles. The second-order valence-corrected chi connectivity index (χ2v) is 7.58. The van der Waals surface area contributed by atoms with E-state index in [1.165, 1.54) is 41.7 Å². The summed E-state index contributed by atoms with van der Waals surface area (Å²) in [6, 6.07) is 7.31. The summed E-state index contributed by atoms with van der Waals surface area (Å²) in [7, 11) is 0. The van der Waals surface area contributed by atoms with E-state index in [0.717, 1.165) is 5.75 Å². The van der Waals surface area contributed by atoms with Crippen LogP contribution in [0.5, 0.6) is 0 Å². The van der Waals surface area contributed by atoms with Gasteiger partial charge in [-0.15, -0.1) is 11.8 Å². The Morgan fingerprint density at radius 3 is 2.55 bits per heavy atom. The van der Waals surface area contributed by atoms with Crippen LogP contribution in [0.3, 0.4) is 0 Å². The molecule has 0 spiro atoms. The standard InChI is InChI=1S/C17H25NOS/c1-12-3-8-16(13(2)9-12)20-11-17(10-19,14-4-5-14)18-15-6-7-15/h3,8-9,14-15,18-19H,4-7,10-11H2,1-2H3. The highest BCUT2D eigenvalue weighted by Crippen LogP contribution is 2.44. The lowest BCUT2D eigenvalue weighted by molar-refractivity contribution is 0.157. The Labute approximate surface area is 126 Å². The molecule has 2 N–H and O–H groups in total. The summed E-state index contributed by atoms with van der Waals surface area (Å²) in [6.07, 6.45) is 5.10. The van der Waals surface area contributed by atoms with Crippen LogP contribution in [0.15, 0.2) is 23.1 Å². The first-order valence-electron chi connectivity index (χ1n) is 7.71. The molecule has 2 aliphatic carbocycles. The molecule has 0 radical (unpaired) electrons. The Hall–Kier alpha value is -0.510. The molecule has 110 valence electrons. The van der Waals surface area contributed by atoms with E-state index in [-0.39, 0.29) is 12.1 Å². The van der Waals surface area contributed by atoms with Gasteiger partial charge in [0.1, 0.15) is 0 Å². The molecular formula is C17H25NOS. The zero-order valence-electron chi connectivity index (χ0n) is 12.5. The topological polar surface area (TPSA) is 32.3 Å². The predicted molar refractivity (Wildman–Crippen MR) is 85.3 cm³/mol. The van der Waals surface area contributed by atoms with Crippen LogP contribution in [0.1, 0.15) is 36.8 Å². The molecule has 0 aliphatic heterocycles. The van der Waals surface area contributed by atoms with Gasteiger partial charge >= 0.3 is 0 Å². The first-order chi connectivity index (χ1) is 9.63. The van der Waals surface area contributed by atoms with Crippen molar-refractivity contribution >= 4 is 11.8 Å². The van der Waals surface area contributed by atoms with Crippen molar-refractivity contribution in [2.75, 3.05) is 12.4 Å². The zero-order chi connectivity index (χ0) is 14.2. The van der Waals surface area contributed by atoms with E-state index in [2.05, 4.69) is 37.4 Å². The highest BCUT2D eigenvalue weighted by atomic mass is 32.2. The summed E-state index contributed by atoms with van der Waals surface area (Å²) in [4.78, 5) is 1.35. The van der Waals surface area contributed by atoms with Gasteiger partial charge in [-0.1, -0.05) is 17.7 Å². The minimum absolute atomic E-state index is 0.0524. The summed E-state index contributed by atoms with van der Waals surface area (Å²) >= 11 is 1.90. The first-order valence-corrected chi connectivity index (χ1v) is 8.70. The molecule has 1 unspecified atom stereocenters. The number of aliphatic hydroxyl groups is 1. The van der Waals surface area contributed by atoms with E-state index in [9.17, 15) is 5.11 Å². The van der Waals surface area contributed by atoms with E-state index < -0.39 is 0 Å². The molecule has 1 atom stereocenters. The fraction of sp³-hybridized carbons (Fsp3) is 0.647. The smallest absolute Gasteiger partial charge is 0.0624 e. The molecule has 2 nitrogen and oxygen atoms in total. The average molecular weight is 291 g/mol. The Balaban J connectivity index is 1.69. The van der Waals surface area contributed by atoms with Gasteiger partial charge in [-0.05, 0) is 57.1 Å². The summed E-state index contributed by atoms with van der Waals surface area (Å²) in [5, 5.41) is 13.7. The average Bonchev–Trinajstić information content (AvgIpc) is 3.28. The molecule has 3 heteroatoms. The van der Waals surface area contributed by atoms with E-state index in [1.54, 1.807) is 0 Å². The Morgan fingerprint density at radius 1 is 1.25 bits per heavy atom. The van der Waals surface area contributed by atoms with Gasteiger partial charge in [0.15, 0.2) is 0 Å². The molecule has 0 aromatic heterocycles. The van der Waals surface area contributed by atoms with Crippen LogP contribution in [-0.4, -0.2) is 29.0 Å². The summed E-state index contributed by atoms with van der Waals surface area (Å²) in [6.45, 7) is 4.59. The maximum absolute atomic E-state index is 9.98. The summed E-state index contributed by atoms with van der Waals surface area (Å²) in [5.41, 5.74) is 2.62. The highest BCUT2D eigenvalue weighted by Gasteiger charge is 2.47. The molecule has 3 rings (SSSR count). The summed E-state index contributed by atoms with van der Waals surface area (Å²) < 4.78 is 0. The van der Waals surface area contributed by atoms with Crippen LogP contribution < -0.4 is 5.32 Å². The van der Waals surface area contributed by atoms with Gasteiger partial charge < -0.3 is 10.4 Å². The highest BCUT2D eigenvalue weighted by molar-refractivity contribution is 7.99. The van der Waals surface area contributed by atoms with Crippen LogP contribution in [0.2, 0.25) is 0 Å². The van der Waals surface area contributed by atoms with E-state index in [4.69, 9.17) is 0 Å². The lowest BCUT2D eigenvalue weighted by Gasteiger charge is -2.33. The largest absolute Gasteiger partial charge is 0.394 e. The van der Waals surface area contributed by atoms with Crippen molar-refractivity contribution < 1.29 is 5.11 Å². The SMILES string of the molecule is Cc1ccc(SCC(CO)(NC2CC2)C2CC2)c(C)c1. The molecule has 1 aromatic carbocycles. The van der Waals surface area contributed by atoms with E-state index >= 15 is 0 Å². The molecule has 0 heterocycles.